The molecule has 0 bridgehead atoms. The first-order valence-corrected chi connectivity index (χ1v) is 8.72. The van der Waals surface area contributed by atoms with Crippen molar-refractivity contribution < 1.29 is 9.53 Å². The van der Waals surface area contributed by atoms with Crippen molar-refractivity contribution in [3.8, 4) is 0 Å². The number of rotatable bonds is 3. The minimum atomic E-state index is -0.251. The van der Waals surface area contributed by atoms with Gasteiger partial charge in [0.25, 0.3) is 5.91 Å². The zero-order valence-electron chi connectivity index (χ0n) is 14.4. The van der Waals surface area contributed by atoms with Gasteiger partial charge in [-0.2, -0.15) is 0 Å². The largest absolute Gasteiger partial charge is 0.371 e. The lowest BCUT2D eigenvalue weighted by Crippen LogP contribution is -2.50. The van der Waals surface area contributed by atoms with Gasteiger partial charge in [0.15, 0.2) is 0 Å². The Balaban J connectivity index is 1.42. The molecule has 0 radical (unpaired) electrons. The average Bonchev–Trinajstić information content (AvgIpc) is 3.22. The molecule has 2 aliphatic rings. The lowest BCUT2D eigenvalue weighted by atomic mass is 9.88. The van der Waals surface area contributed by atoms with Crippen molar-refractivity contribution in [1.82, 2.24) is 19.4 Å². The summed E-state index contributed by atoms with van der Waals surface area (Å²) < 4.78 is 8.06. The van der Waals surface area contributed by atoms with E-state index in [1.54, 1.807) is 18.6 Å². The Hall–Kier alpha value is -2.41. The fraction of sp³-hybridized carbons (Fsp3) is 0.500. The normalized spacial score (nSPS) is 26.1. The maximum absolute atomic E-state index is 12.8. The number of carbonyl (C=O) groups is 1. The molecule has 4 heterocycles. The molecule has 2 saturated heterocycles. The van der Waals surface area contributed by atoms with Gasteiger partial charge in [0.2, 0.25) is 0 Å². The zero-order valence-corrected chi connectivity index (χ0v) is 14.4. The van der Waals surface area contributed by atoms with Gasteiger partial charge in [-0.3, -0.25) is 9.78 Å². The van der Waals surface area contributed by atoms with Crippen LogP contribution in [0.4, 0.5) is 5.82 Å². The van der Waals surface area contributed by atoms with E-state index in [9.17, 15) is 4.79 Å². The smallest absolute Gasteiger partial charge is 0.270 e. The highest BCUT2D eigenvalue weighted by Crippen LogP contribution is 2.36. The summed E-state index contributed by atoms with van der Waals surface area (Å²) in [5.41, 5.74) is 0.475. The van der Waals surface area contributed by atoms with Crippen LogP contribution in [0.1, 0.15) is 29.8 Å². The van der Waals surface area contributed by atoms with E-state index in [2.05, 4.69) is 15.3 Å². The summed E-state index contributed by atoms with van der Waals surface area (Å²) in [6.45, 7) is 2.07. The number of ether oxygens (including phenoxy) is 1. The lowest BCUT2D eigenvalue weighted by Gasteiger charge is -2.39. The number of aryl methyl sites for hydroxylation is 1. The van der Waals surface area contributed by atoms with Crippen LogP contribution in [0.3, 0.4) is 0 Å². The number of aromatic nitrogens is 3. The Morgan fingerprint density at radius 2 is 2.36 bits per heavy atom. The van der Waals surface area contributed by atoms with Crippen LogP contribution in [0.25, 0.3) is 0 Å². The van der Waals surface area contributed by atoms with Crippen LogP contribution in [-0.2, 0) is 11.8 Å². The van der Waals surface area contributed by atoms with Crippen LogP contribution in [0.2, 0.25) is 0 Å². The van der Waals surface area contributed by atoms with E-state index in [1.165, 1.54) is 0 Å². The number of hydrogen-bond donors (Lipinski definition) is 1. The van der Waals surface area contributed by atoms with E-state index < -0.39 is 0 Å². The molecule has 2 aromatic rings. The topological polar surface area (TPSA) is 72.3 Å². The third kappa shape index (κ3) is 3.24. The third-order valence-corrected chi connectivity index (χ3v) is 5.11. The fourth-order valence-electron chi connectivity index (χ4n) is 3.92. The summed E-state index contributed by atoms with van der Waals surface area (Å²) in [6, 6.07) is 3.97. The molecule has 0 aliphatic carbocycles. The molecule has 2 fully saturated rings. The molecule has 0 saturated carbocycles. The highest BCUT2D eigenvalue weighted by atomic mass is 16.5. The molecule has 1 spiro atoms. The minimum absolute atomic E-state index is 0.0838. The van der Waals surface area contributed by atoms with Crippen molar-refractivity contribution in [3.63, 3.8) is 0 Å². The molecular formula is C18H23N5O2. The van der Waals surface area contributed by atoms with E-state index >= 15 is 0 Å². The second-order valence-electron chi connectivity index (χ2n) is 6.96. The molecule has 2 aromatic heterocycles. The zero-order chi connectivity index (χ0) is 17.3. The number of likely N-dealkylation sites (tertiary alicyclic amines) is 1. The van der Waals surface area contributed by atoms with Crippen molar-refractivity contribution in [1.29, 1.82) is 0 Å². The molecule has 7 nitrogen and oxygen atoms in total. The second-order valence-corrected chi connectivity index (χ2v) is 6.96. The van der Waals surface area contributed by atoms with Crippen LogP contribution in [0.5, 0.6) is 0 Å². The van der Waals surface area contributed by atoms with Gasteiger partial charge < -0.3 is 19.5 Å². The second kappa shape index (κ2) is 6.48. The lowest BCUT2D eigenvalue weighted by molar-refractivity contribution is -0.0449. The third-order valence-electron chi connectivity index (χ3n) is 5.11. The van der Waals surface area contributed by atoms with Crippen molar-refractivity contribution in [2.45, 2.75) is 30.9 Å². The van der Waals surface area contributed by atoms with Crippen LogP contribution >= 0.6 is 0 Å². The summed E-state index contributed by atoms with van der Waals surface area (Å²) in [4.78, 5) is 23.1. The van der Waals surface area contributed by atoms with Gasteiger partial charge in [-0.15, -0.1) is 0 Å². The summed E-state index contributed by atoms with van der Waals surface area (Å²) in [7, 11) is 1.90. The van der Waals surface area contributed by atoms with Gasteiger partial charge in [-0.1, -0.05) is 0 Å². The van der Waals surface area contributed by atoms with E-state index in [0.29, 0.717) is 13.2 Å². The number of carbonyl (C=O) groups excluding carboxylic acids is 1. The van der Waals surface area contributed by atoms with E-state index in [4.69, 9.17) is 4.74 Å². The highest BCUT2D eigenvalue weighted by Gasteiger charge is 2.44. The van der Waals surface area contributed by atoms with Crippen LogP contribution in [-0.4, -0.2) is 56.7 Å². The van der Waals surface area contributed by atoms with Gasteiger partial charge in [0.1, 0.15) is 11.5 Å². The van der Waals surface area contributed by atoms with Gasteiger partial charge in [0.05, 0.1) is 31.0 Å². The molecule has 25 heavy (non-hydrogen) atoms. The van der Waals surface area contributed by atoms with Crippen LogP contribution in [0, 0.1) is 0 Å². The van der Waals surface area contributed by atoms with E-state index in [0.717, 1.165) is 37.3 Å². The molecule has 132 valence electrons. The number of amides is 1. The molecule has 2 atom stereocenters. The van der Waals surface area contributed by atoms with Crippen LogP contribution in [0.15, 0.2) is 36.9 Å². The fourth-order valence-corrected chi connectivity index (χ4v) is 3.92. The maximum Gasteiger partial charge on any atom is 0.270 e. The molecule has 0 unspecified atom stereocenters. The SMILES string of the molecule is Cn1cccc1C(=O)N1CCC[C@@]2(C[C@@H](Nc3cnccn3)CO2)C1. The summed E-state index contributed by atoms with van der Waals surface area (Å²) in [6.07, 6.45) is 9.79. The van der Waals surface area contributed by atoms with Gasteiger partial charge in [-0.05, 0) is 25.0 Å². The summed E-state index contributed by atoms with van der Waals surface area (Å²) in [5, 5.41) is 3.39. The van der Waals surface area contributed by atoms with Gasteiger partial charge in [-0.25, -0.2) is 4.98 Å². The van der Waals surface area contributed by atoms with Gasteiger partial charge >= 0.3 is 0 Å². The number of nitrogens with zero attached hydrogens (tertiary/aromatic N) is 4. The predicted molar refractivity (Wildman–Crippen MR) is 93.3 cm³/mol. The predicted octanol–water partition coefficient (Wildman–Crippen LogP) is 1.69. The molecule has 1 amide bonds. The van der Waals surface area contributed by atoms with Crippen molar-refractivity contribution in [2.75, 3.05) is 25.0 Å². The first-order chi connectivity index (χ1) is 12.2. The first-order valence-electron chi connectivity index (χ1n) is 8.72. The monoisotopic (exact) mass is 341 g/mol. The van der Waals surface area contributed by atoms with Crippen molar-refractivity contribution in [2.24, 2.45) is 7.05 Å². The number of hydrogen-bond acceptors (Lipinski definition) is 5. The van der Waals surface area contributed by atoms with E-state index in [-0.39, 0.29) is 17.6 Å². The Morgan fingerprint density at radius 1 is 1.44 bits per heavy atom. The molecule has 2 aliphatic heterocycles. The Labute approximate surface area is 147 Å². The minimum Gasteiger partial charge on any atom is -0.371 e. The number of anilines is 1. The van der Waals surface area contributed by atoms with Gasteiger partial charge in [0, 0.05) is 38.6 Å². The maximum atomic E-state index is 12.8. The Bertz CT molecular complexity index is 747. The standard InChI is InChI=1S/C18H23N5O2/c1-22-8-2-4-15(22)17(24)23-9-3-5-18(13-23)10-14(12-25-18)21-16-11-19-6-7-20-16/h2,4,6-8,11,14H,3,5,9-10,12-13H2,1H3,(H,20,21)/t14-,18-/m1/s1. The average molecular weight is 341 g/mol. The molecule has 4 rings (SSSR count). The Morgan fingerprint density at radius 3 is 3.12 bits per heavy atom. The quantitative estimate of drug-likeness (QED) is 0.920. The van der Waals surface area contributed by atoms with Crippen molar-refractivity contribution in [3.05, 3.63) is 42.6 Å². The number of nitrogens with one attached hydrogen (secondary N) is 1. The number of piperidine rings is 1. The first kappa shape index (κ1) is 16.1. The molecule has 7 heteroatoms. The van der Waals surface area contributed by atoms with Crippen molar-refractivity contribution >= 4 is 11.7 Å². The molecule has 0 aromatic carbocycles. The molecular weight excluding hydrogens is 318 g/mol. The Kier molecular flexibility index (Phi) is 4.17. The van der Waals surface area contributed by atoms with Crippen LogP contribution < -0.4 is 5.32 Å². The highest BCUT2D eigenvalue weighted by molar-refractivity contribution is 5.92. The summed E-state index contributed by atoms with van der Waals surface area (Å²) >= 11 is 0. The van der Waals surface area contributed by atoms with E-state index in [1.807, 2.05) is 34.8 Å². The molecule has 1 N–H and O–H groups in total. The summed E-state index contributed by atoms with van der Waals surface area (Å²) in [5.74, 6) is 0.848.